The first-order valence-electron chi connectivity index (χ1n) is 8.95. The number of carbonyl (C=O) groups is 1. The Hall–Kier alpha value is -2.64. The Morgan fingerprint density at radius 2 is 1.60 bits per heavy atom. The van der Waals surface area contributed by atoms with Gasteiger partial charge in [-0.25, -0.2) is 0 Å². The molecule has 3 nitrogen and oxygen atoms in total. The summed E-state index contributed by atoms with van der Waals surface area (Å²) in [5.41, 5.74) is 0.296. The molecular formula is C22H15ClF3NO2S. The molecule has 0 N–H and O–H groups in total. The lowest BCUT2D eigenvalue weighted by molar-refractivity contribution is -0.137. The molecule has 1 aliphatic heterocycles. The van der Waals surface area contributed by atoms with Crippen molar-refractivity contribution in [2.45, 2.75) is 11.6 Å². The average Bonchev–Trinajstić information content (AvgIpc) is 3.11. The molecule has 0 bridgehead atoms. The summed E-state index contributed by atoms with van der Waals surface area (Å²) in [7, 11) is 0. The number of ether oxygens (including phenoxy) is 1. The van der Waals surface area contributed by atoms with Gasteiger partial charge in [0.15, 0.2) is 0 Å². The van der Waals surface area contributed by atoms with Crippen molar-refractivity contribution < 1.29 is 22.7 Å². The van der Waals surface area contributed by atoms with Gasteiger partial charge in [-0.2, -0.15) is 13.2 Å². The molecule has 0 saturated carbocycles. The third-order valence-corrected chi connectivity index (χ3v) is 6.00. The largest absolute Gasteiger partial charge is 0.457 e. The highest BCUT2D eigenvalue weighted by molar-refractivity contribution is 8.00. The molecule has 1 amide bonds. The summed E-state index contributed by atoms with van der Waals surface area (Å²) in [5.74, 6) is 1.22. The molecule has 154 valence electrons. The smallest absolute Gasteiger partial charge is 0.416 e. The van der Waals surface area contributed by atoms with Crippen molar-refractivity contribution in [2.75, 3.05) is 10.7 Å². The van der Waals surface area contributed by atoms with Gasteiger partial charge in [0.2, 0.25) is 5.91 Å². The lowest BCUT2D eigenvalue weighted by Crippen LogP contribution is -2.27. The quantitative estimate of drug-likeness (QED) is 0.432. The fraction of sp³-hybridized carbons (Fsp3) is 0.136. The second kappa shape index (κ2) is 8.24. The van der Waals surface area contributed by atoms with E-state index in [2.05, 4.69) is 0 Å². The van der Waals surface area contributed by atoms with Gasteiger partial charge in [-0.1, -0.05) is 23.7 Å². The third kappa shape index (κ3) is 4.42. The molecule has 30 heavy (non-hydrogen) atoms. The van der Waals surface area contributed by atoms with Gasteiger partial charge in [0, 0.05) is 10.7 Å². The summed E-state index contributed by atoms with van der Waals surface area (Å²) < 4.78 is 45.0. The van der Waals surface area contributed by atoms with Crippen LogP contribution < -0.4 is 9.64 Å². The van der Waals surface area contributed by atoms with Crippen molar-refractivity contribution in [1.82, 2.24) is 0 Å². The first-order valence-corrected chi connectivity index (χ1v) is 10.4. The Morgan fingerprint density at radius 1 is 0.967 bits per heavy atom. The van der Waals surface area contributed by atoms with Gasteiger partial charge in [0.05, 0.1) is 11.3 Å². The third-order valence-electron chi connectivity index (χ3n) is 4.53. The lowest BCUT2D eigenvalue weighted by Gasteiger charge is -2.25. The van der Waals surface area contributed by atoms with E-state index in [0.717, 1.165) is 12.1 Å². The normalized spacial score (nSPS) is 16.7. The molecule has 0 aromatic heterocycles. The molecule has 1 atom stereocenters. The fourth-order valence-corrected chi connectivity index (χ4v) is 4.42. The van der Waals surface area contributed by atoms with Crippen molar-refractivity contribution in [3.05, 3.63) is 88.9 Å². The predicted molar refractivity (Wildman–Crippen MR) is 112 cm³/mol. The zero-order valence-electron chi connectivity index (χ0n) is 15.4. The number of rotatable bonds is 4. The van der Waals surface area contributed by atoms with Crippen molar-refractivity contribution in [3.8, 4) is 11.5 Å². The van der Waals surface area contributed by atoms with Crippen LogP contribution in [0, 0.1) is 0 Å². The molecular weight excluding hydrogens is 435 g/mol. The van der Waals surface area contributed by atoms with Crippen LogP contribution >= 0.6 is 23.4 Å². The minimum atomic E-state index is -4.44. The van der Waals surface area contributed by atoms with Crippen LogP contribution in [-0.2, 0) is 11.0 Å². The number of amides is 1. The standard InChI is InChI=1S/C22H15ClF3NO2S/c23-16-4-8-18(9-5-16)29-19-10-6-17(7-11-19)27-20(28)13-30-21(27)14-2-1-3-15(12-14)22(24,25)26/h1-12,21H,13H2. The van der Waals surface area contributed by atoms with E-state index in [1.54, 1.807) is 54.6 Å². The van der Waals surface area contributed by atoms with E-state index < -0.39 is 17.1 Å². The molecule has 4 rings (SSSR count). The van der Waals surface area contributed by atoms with Crippen LogP contribution in [-0.4, -0.2) is 11.7 Å². The number of halogens is 4. The first kappa shape index (κ1) is 20.6. The van der Waals surface area contributed by atoms with Crippen LogP contribution in [0.4, 0.5) is 18.9 Å². The Balaban J connectivity index is 1.57. The van der Waals surface area contributed by atoms with Crippen LogP contribution in [0.25, 0.3) is 0 Å². The number of carbonyl (C=O) groups excluding carboxylic acids is 1. The molecule has 3 aromatic carbocycles. The minimum absolute atomic E-state index is 0.159. The molecule has 0 spiro atoms. The van der Waals surface area contributed by atoms with Crippen molar-refractivity contribution in [2.24, 2.45) is 0 Å². The molecule has 1 unspecified atom stereocenters. The number of nitrogens with zero attached hydrogens (tertiary/aromatic N) is 1. The molecule has 1 saturated heterocycles. The maximum atomic E-state index is 13.1. The Labute approximate surface area is 180 Å². The van der Waals surface area contributed by atoms with Gasteiger partial charge in [0.1, 0.15) is 16.9 Å². The number of benzene rings is 3. The average molecular weight is 450 g/mol. The molecule has 3 aromatic rings. The number of thioether (sulfide) groups is 1. The summed E-state index contributed by atoms with van der Waals surface area (Å²) in [6.07, 6.45) is -4.44. The van der Waals surface area contributed by atoms with E-state index >= 15 is 0 Å². The van der Waals surface area contributed by atoms with Crippen LogP contribution in [0.5, 0.6) is 11.5 Å². The van der Waals surface area contributed by atoms with Crippen LogP contribution in [0.2, 0.25) is 5.02 Å². The Morgan fingerprint density at radius 3 is 2.23 bits per heavy atom. The lowest BCUT2D eigenvalue weighted by atomic mass is 10.1. The van der Waals surface area contributed by atoms with Gasteiger partial charge in [-0.15, -0.1) is 11.8 Å². The molecule has 8 heteroatoms. The topological polar surface area (TPSA) is 29.5 Å². The van der Waals surface area contributed by atoms with Gasteiger partial charge in [-0.3, -0.25) is 9.69 Å². The zero-order valence-corrected chi connectivity index (χ0v) is 17.0. The molecule has 0 aliphatic carbocycles. The van der Waals surface area contributed by atoms with Crippen LogP contribution in [0.1, 0.15) is 16.5 Å². The summed E-state index contributed by atoms with van der Waals surface area (Å²) in [6, 6.07) is 18.9. The highest BCUT2D eigenvalue weighted by atomic mass is 35.5. The van der Waals surface area contributed by atoms with Crippen molar-refractivity contribution in [1.29, 1.82) is 0 Å². The fourth-order valence-electron chi connectivity index (χ4n) is 3.13. The van der Waals surface area contributed by atoms with Gasteiger partial charge in [0.25, 0.3) is 0 Å². The number of alkyl halides is 3. The zero-order chi connectivity index (χ0) is 21.3. The van der Waals surface area contributed by atoms with Crippen molar-refractivity contribution in [3.63, 3.8) is 0 Å². The van der Waals surface area contributed by atoms with Gasteiger partial charge >= 0.3 is 6.18 Å². The van der Waals surface area contributed by atoms with E-state index in [4.69, 9.17) is 16.3 Å². The number of hydrogen-bond donors (Lipinski definition) is 0. The molecule has 0 radical (unpaired) electrons. The summed E-state index contributed by atoms with van der Waals surface area (Å²) in [5, 5.41) is 0.0752. The van der Waals surface area contributed by atoms with Crippen LogP contribution in [0.3, 0.4) is 0 Å². The van der Waals surface area contributed by atoms with E-state index in [0.29, 0.717) is 27.8 Å². The maximum Gasteiger partial charge on any atom is 0.416 e. The summed E-state index contributed by atoms with van der Waals surface area (Å²) in [6.45, 7) is 0. The van der Waals surface area contributed by atoms with Crippen molar-refractivity contribution >= 4 is 35.0 Å². The van der Waals surface area contributed by atoms with E-state index in [9.17, 15) is 18.0 Å². The Bertz CT molecular complexity index is 1060. The SMILES string of the molecule is O=C1CSC(c2cccc(C(F)(F)F)c2)N1c1ccc(Oc2ccc(Cl)cc2)cc1. The Kier molecular flexibility index (Phi) is 5.66. The molecule has 1 fully saturated rings. The summed E-state index contributed by atoms with van der Waals surface area (Å²) >= 11 is 7.16. The second-order valence-electron chi connectivity index (χ2n) is 6.60. The maximum absolute atomic E-state index is 13.1. The second-order valence-corrected chi connectivity index (χ2v) is 8.11. The summed E-state index contributed by atoms with van der Waals surface area (Å²) in [4.78, 5) is 14.0. The van der Waals surface area contributed by atoms with Gasteiger partial charge < -0.3 is 4.74 Å². The number of hydrogen-bond acceptors (Lipinski definition) is 3. The van der Waals surface area contributed by atoms with E-state index in [1.165, 1.54) is 22.7 Å². The van der Waals surface area contributed by atoms with E-state index in [-0.39, 0.29) is 11.7 Å². The molecule has 1 heterocycles. The molecule has 1 aliphatic rings. The van der Waals surface area contributed by atoms with Gasteiger partial charge in [-0.05, 0) is 66.2 Å². The predicted octanol–water partition coefficient (Wildman–Crippen LogP) is 6.93. The highest BCUT2D eigenvalue weighted by Gasteiger charge is 2.36. The van der Waals surface area contributed by atoms with Crippen LogP contribution in [0.15, 0.2) is 72.8 Å². The first-order chi connectivity index (χ1) is 14.3. The highest BCUT2D eigenvalue weighted by Crippen LogP contribution is 2.43. The monoisotopic (exact) mass is 449 g/mol. The minimum Gasteiger partial charge on any atom is -0.457 e. The van der Waals surface area contributed by atoms with E-state index in [1.807, 2.05) is 0 Å². The number of anilines is 1.